The fourth-order valence-corrected chi connectivity index (χ4v) is 1.49. The number of hydrogen-bond donors (Lipinski definition) is 0. The highest BCUT2D eigenvalue weighted by Crippen LogP contribution is 2.49. The smallest absolute Gasteiger partial charge is 0.216 e. The second-order valence-electron chi connectivity index (χ2n) is 2.26. The number of fused-ring (bicyclic) bond motifs is 1. The summed E-state index contributed by atoms with van der Waals surface area (Å²) in [5, 5.41) is 0. The van der Waals surface area contributed by atoms with Crippen molar-refractivity contribution in [1.29, 1.82) is 0 Å². The Bertz CT molecular complexity index is 304. The predicted molar refractivity (Wildman–Crippen MR) is 51.8 cm³/mol. The fraction of sp³-hybridized carbons (Fsp3) is 0.125. The van der Waals surface area contributed by atoms with Crippen molar-refractivity contribution in [3.8, 4) is 11.1 Å². The number of carbonyl (C=O) groups excluding carboxylic acids is 1. The summed E-state index contributed by atoms with van der Waals surface area (Å²) in [6.07, 6.45) is 0. The highest BCUT2D eigenvalue weighted by molar-refractivity contribution is 6.67. The Kier molecular flexibility index (Phi) is 2.67. The molecule has 0 unspecified atom stereocenters. The normalized spacial score (nSPS) is 11.6. The van der Waals surface area contributed by atoms with Crippen molar-refractivity contribution in [2.24, 2.45) is 0 Å². The maximum atomic E-state index is 8.00. The fourth-order valence-electron chi connectivity index (χ4n) is 1.02. The van der Waals surface area contributed by atoms with Crippen molar-refractivity contribution in [3.05, 3.63) is 23.8 Å². The molecule has 64 valence electrons. The molecular weight excluding hydrogens is 218 g/mol. The van der Waals surface area contributed by atoms with Crippen LogP contribution in [0.4, 0.5) is 0 Å². The minimum absolute atomic E-state index is 0.815. The predicted octanol–water partition coefficient (Wildman–Crippen LogP) is 3.31. The first-order valence-corrected chi connectivity index (χ1v) is 4.23. The third kappa shape index (κ3) is 1.45. The zero-order valence-electron chi connectivity index (χ0n) is 5.98. The molecule has 4 heteroatoms. The van der Waals surface area contributed by atoms with E-state index in [4.69, 9.17) is 39.6 Å². The van der Waals surface area contributed by atoms with Crippen LogP contribution in [-0.2, 0) is 8.59 Å². The van der Waals surface area contributed by atoms with Gasteiger partial charge in [0.1, 0.15) is 6.79 Å². The lowest BCUT2D eigenvalue weighted by molar-refractivity contribution is -0.0979. The highest BCUT2D eigenvalue weighted by Gasteiger charge is 2.32. The molecule has 0 heterocycles. The van der Waals surface area contributed by atoms with Crippen molar-refractivity contribution in [1.82, 2.24) is 0 Å². The number of benzene rings is 1. The van der Waals surface area contributed by atoms with E-state index in [0.717, 1.165) is 11.1 Å². The monoisotopic (exact) mass is 222 g/mol. The Morgan fingerprint density at radius 3 is 1.83 bits per heavy atom. The SMILES string of the molecule is C=O.ClC(Cl)(Cl)c1cc2ccc1-2. The van der Waals surface area contributed by atoms with Crippen molar-refractivity contribution in [3.63, 3.8) is 0 Å². The van der Waals surface area contributed by atoms with Gasteiger partial charge >= 0.3 is 0 Å². The molecule has 0 bridgehead atoms. The lowest BCUT2D eigenvalue weighted by Gasteiger charge is -2.25. The lowest BCUT2D eigenvalue weighted by Crippen LogP contribution is -2.09. The van der Waals surface area contributed by atoms with Gasteiger partial charge in [-0.1, -0.05) is 46.9 Å². The van der Waals surface area contributed by atoms with Crippen LogP contribution in [0.1, 0.15) is 5.56 Å². The third-order valence-electron chi connectivity index (χ3n) is 1.64. The van der Waals surface area contributed by atoms with E-state index in [1.165, 1.54) is 5.56 Å². The topological polar surface area (TPSA) is 17.1 Å². The quantitative estimate of drug-likeness (QED) is 0.626. The first kappa shape index (κ1) is 9.85. The van der Waals surface area contributed by atoms with Gasteiger partial charge in [0.15, 0.2) is 0 Å². The van der Waals surface area contributed by atoms with Crippen molar-refractivity contribution >= 4 is 41.6 Å². The van der Waals surface area contributed by atoms with Gasteiger partial charge in [0, 0.05) is 5.56 Å². The Morgan fingerprint density at radius 1 is 1.17 bits per heavy atom. The van der Waals surface area contributed by atoms with Crippen LogP contribution < -0.4 is 0 Å². The molecule has 12 heavy (non-hydrogen) atoms. The van der Waals surface area contributed by atoms with Crippen molar-refractivity contribution in [2.75, 3.05) is 0 Å². The van der Waals surface area contributed by atoms with E-state index in [1.54, 1.807) is 0 Å². The Balaban J connectivity index is 0.000000336. The second kappa shape index (κ2) is 3.25. The molecule has 0 radical (unpaired) electrons. The van der Waals surface area contributed by atoms with Crippen molar-refractivity contribution < 1.29 is 4.79 Å². The second-order valence-corrected chi connectivity index (χ2v) is 4.54. The molecule has 0 fully saturated rings. The molecule has 1 nitrogen and oxygen atoms in total. The Labute approximate surface area is 85.2 Å². The first-order chi connectivity index (χ1) is 5.59. The summed E-state index contributed by atoms with van der Waals surface area (Å²) in [5.41, 5.74) is 3.11. The molecular formula is C8H5Cl3O. The number of alkyl halides is 3. The zero-order valence-corrected chi connectivity index (χ0v) is 8.25. The van der Waals surface area contributed by atoms with E-state index in [-0.39, 0.29) is 0 Å². The maximum absolute atomic E-state index is 8.00. The zero-order chi connectivity index (χ0) is 9.35. The Morgan fingerprint density at radius 2 is 1.75 bits per heavy atom. The summed E-state index contributed by atoms with van der Waals surface area (Å²) in [6, 6.07) is 5.84. The molecule has 0 aromatic rings. The standard InChI is InChI=1S/C7H3Cl3.CH2O/c8-7(9,10)6-3-4-1-2-5(4)6;1-2/h1-3H;1H2. The van der Waals surface area contributed by atoms with Gasteiger partial charge < -0.3 is 4.79 Å². The summed E-state index contributed by atoms with van der Waals surface area (Å²) >= 11 is 16.9. The third-order valence-corrected chi connectivity index (χ3v) is 2.25. The van der Waals surface area contributed by atoms with Crippen LogP contribution in [0.2, 0.25) is 0 Å². The molecule has 0 atom stereocenters. The highest BCUT2D eigenvalue weighted by atomic mass is 35.6. The van der Waals surface area contributed by atoms with Crippen LogP contribution in [0.15, 0.2) is 18.2 Å². The number of halogens is 3. The molecule has 0 saturated heterocycles. The number of hydrogen-bond acceptors (Lipinski definition) is 1. The van der Waals surface area contributed by atoms with Gasteiger partial charge in [0.05, 0.1) is 0 Å². The molecule has 0 saturated carbocycles. The van der Waals surface area contributed by atoms with Gasteiger partial charge in [0.2, 0.25) is 3.79 Å². The molecule has 0 N–H and O–H groups in total. The van der Waals surface area contributed by atoms with Crippen LogP contribution in [-0.4, -0.2) is 6.79 Å². The molecule has 0 amide bonds. The van der Waals surface area contributed by atoms with Crippen LogP contribution in [0, 0.1) is 0 Å². The van der Waals surface area contributed by atoms with Gasteiger partial charge in [-0.05, 0) is 17.2 Å². The van der Waals surface area contributed by atoms with Gasteiger partial charge in [-0.25, -0.2) is 0 Å². The van der Waals surface area contributed by atoms with Crippen LogP contribution in [0.25, 0.3) is 11.1 Å². The van der Waals surface area contributed by atoms with E-state index in [0.29, 0.717) is 0 Å². The van der Waals surface area contributed by atoms with Crippen LogP contribution >= 0.6 is 34.8 Å². The van der Waals surface area contributed by atoms with Crippen LogP contribution in [0.5, 0.6) is 0 Å². The Hall–Kier alpha value is -0.240. The summed E-state index contributed by atoms with van der Waals surface area (Å²) in [6.45, 7) is 2.00. The number of carbonyl (C=O) groups is 1. The molecule has 2 aliphatic carbocycles. The van der Waals surface area contributed by atoms with Gasteiger partial charge in [-0.3, -0.25) is 0 Å². The molecule has 2 aliphatic rings. The molecule has 2 rings (SSSR count). The van der Waals surface area contributed by atoms with Gasteiger partial charge in [-0.2, -0.15) is 0 Å². The maximum Gasteiger partial charge on any atom is 0.216 e. The summed E-state index contributed by atoms with van der Waals surface area (Å²) in [4.78, 5) is 8.00. The lowest BCUT2D eigenvalue weighted by atomic mass is 9.87. The van der Waals surface area contributed by atoms with Gasteiger partial charge in [-0.15, -0.1) is 0 Å². The minimum atomic E-state index is -1.23. The first-order valence-electron chi connectivity index (χ1n) is 3.09. The number of rotatable bonds is 0. The summed E-state index contributed by atoms with van der Waals surface area (Å²) in [5.74, 6) is 0. The minimum Gasteiger partial charge on any atom is -0.307 e. The van der Waals surface area contributed by atoms with E-state index in [2.05, 4.69) is 0 Å². The summed E-state index contributed by atoms with van der Waals surface area (Å²) in [7, 11) is 0. The molecule has 0 aliphatic heterocycles. The van der Waals surface area contributed by atoms with E-state index in [9.17, 15) is 0 Å². The largest absolute Gasteiger partial charge is 0.307 e. The van der Waals surface area contributed by atoms with E-state index in [1.807, 2.05) is 25.0 Å². The average molecular weight is 223 g/mol. The van der Waals surface area contributed by atoms with Gasteiger partial charge in [0.25, 0.3) is 0 Å². The molecule has 0 aromatic carbocycles. The van der Waals surface area contributed by atoms with E-state index < -0.39 is 3.79 Å². The molecule has 0 aromatic heterocycles. The van der Waals surface area contributed by atoms with E-state index >= 15 is 0 Å². The summed E-state index contributed by atoms with van der Waals surface area (Å²) < 4.78 is -1.23. The molecule has 0 spiro atoms. The van der Waals surface area contributed by atoms with Crippen molar-refractivity contribution in [2.45, 2.75) is 3.79 Å². The average Bonchev–Trinajstić information content (AvgIpc) is 1.97. The van der Waals surface area contributed by atoms with Crippen LogP contribution in [0.3, 0.4) is 0 Å².